The van der Waals surface area contributed by atoms with Crippen LogP contribution in [0.1, 0.15) is 23.2 Å². The summed E-state index contributed by atoms with van der Waals surface area (Å²) in [5, 5.41) is 4.28. The molecule has 2 aliphatic heterocycles. The van der Waals surface area contributed by atoms with Crippen LogP contribution in [-0.2, 0) is 30.7 Å². The lowest BCUT2D eigenvalue weighted by Gasteiger charge is -2.33. The number of halogens is 1. The van der Waals surface area contributed by atoms with Gasteiger partial charge in [0.2, 0.25) is 5.91 Å². The van der Waals surface area contributed by atoms with Gasteiger partial charge >= 0.3 is 0 Å². The molecule has 2 aromatic heterocycles. The molecule has 29 heavy (non-hydrogen) atoms. The molecule has 4 heterocycles. The summed E-state index contributed by atoms with van der Waals surface area (Å²) in [6, 6.07) is 9.46. The lowest BCUT2D eigenvalue weighted by atomic mass is 9.93. The van der Waals surface area contributed by atoms with Gasteiger partial charge in [-0.1, -0.05) is 0 Å². The Bertz CT molecular complexity index is 1130. The summed E-state index contributed by atoms with van der Waals surface area (Å²) in [5.41, 5.74) is 3.53. The Morgan fingerprint density at radius 2 is 1.93 bits per heavy atom. The number of pyridine rings is 1. The average molecular weight is 392 g/mol. The van der Waals surface area contributed by atoms with E-state index in [2.05, 4.69) is 5.10 Å². The summed E-state index contributed by atoms with van der Waals surface area (Å²) < 4.78 is 16.7. The Balaban J connectivity index is 1.39. The highest BCUT2D eigenvalue weighted by molar-refractivity contribution is 5.79. The smallest absolute Gasteiger partial charge is 0.255 e. The summed E-state index contributed by atoms with van der Waals surface area (Å²) in [5.74, 6) is -0.197. The Hall–Kier alpha value is -3.22. The summed E-state index contributed by atoms with van der Waals surface area (Å²) in [4.78, 5) is 27.6. The first-order chi connectivity index (χ1) is 14.1. The molecule has 148 valence electrons. The van der Waals surface area contributed by atoms with Gasteiger partial charge in [0.05, 0.1) is 0 Å². The van der Waals surface area contributed by atoms with Crippen molar-refractivity contribution >= 4 is 5.91 Å². The van der Waals surface area contributed by atoms with Crippen LogP contribution in [0, 0.1) is 11.7 Å². The number of hydrogen-bond acceptors (Lipinski definition) is 3. The molecule has 0 spiro atoms. The number of amides is 1. The van der Waals surface area contributed by atoms with Gasteiger partial charge < -0.3 is 4.90 Å². The van der Waals surface area contributed by atoms with E-state index in [9.17, 15) is 14.0 Å². The topological polar surface area (TPSA) is 60.1 Å². The van der Waals surface area contributed by atoms with E-state index < -0.39 is 0 Å². The first kappa shape index (κ1) is 17.8. The molecular weight excluding hydrogens is 371 g/mol. The number of rotatable bonds is 2. The molecule has 5 rings (SSSR count). The monoisotopic (exact) mass is 392 g/mol. The molecule has 2 aliphatic rings. The van der Waals surface area contributed by atoms with Crippen molar-refractivity contribution < 1.29 is 9.18 Å². The number of aryl methyl sites for hydroxylation is 1. The molecule has 0 N–H and O–H groups in total. The number of benzene rings is 1. The van der Waals surface area contributed by atoms with Gasteiger partial charge in [-0.3, -0.25) is 18.8 Å². The van der Waals surface area contributed by atoms with Crippen LogP contribution in [0.3, 0.4) is 0 Å². The van der Waals surface area contributed by atoms with Crippen LogP contribution in [0.4, 0.5) is 4.39 Å². The Labute approximate surface area is 167 Å². The second-order valence-corrected chi connectivity index (χ2v) is 7.75. The van der Waals surface area contributed by atoms with E-state index in [-0.39, 0.29) is 23.2 Å². The van der Waals surface area contributed by atoms with Crippen molar-refractivity contribution in [2.75, 3.05) is 6.54 Å². The van der Waals surface area contributed by atoms with Crippen LogP contribution in [0.5, 0.6) is 0 Å². The molecule has 0 bridgehead atoms. The van der Waals surface area contributed by atoms with Gasteiger partial charge in [-0.25, -0.2) is 4.39 Å². The van der Waals surface area contributed by atoms with Crippen molar-refractivity contribution in [3.63, 3.8) is 0 Å². The zero-order valence-corrected chi connectivity index (χ0v) is 15.9. The Morgan fingerprint density at radius 1 is 1.10 bits per heavy atom. The second kappa shape index (κ2) is 6.99. The van der Waals surface area contributed by atoms with E-state index in [1.54, 1.807) is 30.6 Å². The molecule has 1 atom stereocenters. The maximum atomic E-state index is 13.2. The van der Waals surface area contributed by atoms with Crippen LogP contribution < -0.4 is 5.56 Å². The van der Waals surface area contributed by atoms with Gasteiger partial charge in [-0.15, -0.1) is 0 Å². The van der Waals surface area contributed by atoms with E-state index >= 15 is 0 Å². The molecule has 0 radical (unpaired) electrons. The van der Waals surface area contributed by atoms with E-state index in [1.165, 1.54) is 16.7 Å². The fourth-order valence-electron chi connectivity index (χ4n) is 4.36. The van der Waals surface area contributed by atoms with Crippen molar-refractivity contribution in [2.24, 2.45) is 5.92 Å². The number of carbonyl (C=O) groups excluding carboxylic acids is 1. The van der Waals surface area contributed by atoms with Gasteiger partial charge in [0, 0.05) is 61.8 Å². The lowest BCUT2D eigenvalue weighted by molar-refractivity contribution is -0.137. The van der Waals surface area contributed by atoms with Crippen molar-refractivity contribution in [1.82, 2.24) is 19.2 Å². The summed E-state index contributed by atoms with van der Waals surface area (Å²) in [6.07, 6.45) is 5.77. The molecule has 6 nitrogen and oxygen atoms in total. The molecule has 0 aliphatic carbocycles. The Kier molecular flexibility index (Phi) is 4.30. The van der Waals surface area contributed by atoms with Gasteiger partial charge in [0.1, 0.15) is 5.82 Å². The zero-order chi connectivity index (χ0) is 20.0. The second-order valence-electron chi connectivity index (χ2n) is 7.75. The molecule has 1 unspecified atom stereocenters. The van der Waals surface area contributed by atoms with Crippen LogP contribution >= 0.6 is 0 Å². The third kappa shape index (κ3) is 3.26. The third-order valence-electron chi connectivity index (χ3n) is 5.96. The van der Waals surface area contributed by atoms with Crippen molar-refractivity contribution in [3.05, 3.63) is 81.8 Å². The number of fused-ring (bicyclic) bond motifs is 2. The summed E-state index contributed by atoms with van der Waals surface area (Å²) >= 11 is 0. The molecule has 1 amide bonds. The van der Waals surface area contributed by atoms with Gasteiger partial charge in [-0.2, -0.15) is 5.10 Å². The standard InChI is InChI=1S/C22H21FN4O2/c23-18-1-3-19(4-2-18)26-14-17-13-25(9-6-15(17)12-21(26)28)22(29)16-7-10-27-20(11-16)5-8-24-27/h1-5,8,12,14,16H,6-7,9-11,13H2. The SMILES string of the molecule is O=C(C1CCn2nccc2C1)N1CCc2cc(=O)n(-c3ccc(F)cc3)cc2C1. The molecule has 3 aromatic rings. The lowest BCUT2D eigenvalue weighted by Crippen LogP contribution is -2.42. The quantitative estimate of drug-likeness (QED) is 0.673. The molecule has 0 saturated carbocycles. The number of aromatic nitrogens is 3. The summed E-state index contributed by atoms with van der Waals surface area (Å²) in [7, 11) is 0. The number of hydrogen-bond donors (Lipinski definition) is 0. The minimum absolute atomic E-state index is 0.0243. The summed E-state index contributed by atoms with van der Waals surface area (Å²) in [6.45, 7) is 1.89. The van der Waals surface area contributed by atoms with Gasteiger partial charge in [0.15, 0.2) is 0 Å². The normalized spacial score (nSPS) is 18.2. The minimum atomic E-state index is -0.342. The largest absolute Gasteiger partial charge is 0.338 e. The Morgan fingerprint density at radius 3 is 2.76 bits per heavy atom. The van der Waals surface area contributed by atoms with Crippen LogP contribution in [-0.4, -0.2) is 31.7 Å². The van der Waals surface area contributed by atoms with E-state index in [0.717, 1.165) is 36.2 Å². The fraction of sp³-hybridized carbons (Fsp3) is 0.318. The molecule has 0 saturated heterocycles. The predicted octanol–water partition coefficient (Wildman–Crippen LogP) is 2.32. The van der Waals surface area contributed by atoms with Crippen molar-refractivity contribution in [3.8, 4) is 5.69 Å². The highest BCUT2D eigenvalue weighted by atomic mass is 19.1. The molecular formula is C22H21FN4O2. The average Bonchev–Trinajstić information content (AvgIpc) is 3.21. The first-order valence-corrected chi connectivity index (χ1v) is 9.88. The highest BCUT2D eigenvalue weighted by Crippen LogP contribution is 2.25. The van der Waals surface area contributed by atoms with Crippen LogP contribution in [0.25, 0.3) is 5.69 Å². The predicted molar refractivity (Wildman–Crippen MR) is 105 cm³/mol. The number of nitrogens with zero attached hydrogens (tertiary/aromatic N) is 4. The maximum absolute atomic E-state index is 13.2. The number of carbonyl (C=O) groups is 1. The minimum Gasteiger partial charge on any atom is -0.338 e. The molecule has 1 aromatic carbocycles. The van der Waals surface area contributed by atoms with Gasteiger partial charge in [-0.05, 0) is 54.3 Å². The fourth-order valence-corrected chi connectivity index (χ4v) is 4.36. The van der Waals surface area contributed by atoms with E-state index in [0.29, 0.717) is 25.2 Å². The van der Waals surface area contributed by atoms with Crippen LogP contribution in [0.15, 0.2) is 53.6 Å². The highest BCUT2D eigenvalue weighted by Gasteiger charge is 2.30. The maximum Gasteiger partial charge on any atom is 0.255 e. The first-order valence-electron chi connectivity index (χ1n) is 9.88. The molecule has 7 heteroatoms. The molecule has 0 fully saturated rings. The van der Waals surface area contributed by atoms with Crippen molar-refractivity contribution in [2.45, 2.75) is 32.4 Å². The van der Waals surface area contributed by atoms with Crippen molar-refractivity contribution in [1.29, 1.82) is 0 Å². The third-order valence-corrected chi connectivity index (χ3v) is 5.96. The van der Waals surface area contributed by atoms with Gasteiger partial charge in [0.25, 0.3) is 5.56 Å². The van der Waals surface area contributed by atoms with E-state index in [4.69, 9.17) is 0 Å². The van der Waals surface area contributed by atoms with Crippen LogP contribution in [0.2, 0.25) is 0 Å². The zero-order valence-electron chi connectivity index (χ0n) is 15.9. The van der Waals surface area contributed by atoms with E-state index in [1.807, 2.05) is 15.6 Å².